The maximum Gasteiger partial charge on any atom is 0.252 e. The topological polar surface area (TPSA) is 103 Å². The summed E-state index contributed by atoms with van der Waals surface area (Å²) >= 11 is 1.18. The quantitative estimate of drug-likeness (QED) is 0.508. The molecule has 3 aromatic rings. The van der Waals surface area contributed by atoms with Gasteiger partial charge in [-0.05, 0) is 35.9 Å². The number of carbonyl (C=O) groups is 1. The SMILES string of the molecule is C#CCn1c(=NC(=O)Cc2ccc(S(=O)(=O)CC)cc2)sc2cc(S(C)(=O)=O)ccc21. The van der Waals surface area contributed by atoms with Gasteiger partial charge in [0.05, 0.1) is 38.7 Å². The predicted octanol–water partition coefficient (Wildman–Crippen LogP) is 2.20. The third kappa shape index (κ3) is 5.12. The summed E-state index contributed by atoms with van der Waals surface area (Å²) in [5, 5.41) is 0. The average Bonchev–Trinajstić information content (AvgIpc) is 3.04. The van der Waals surface area contributed by atoms with Crippen molar-refractivity contribution in [1.82, 2.24) is 4.57 Å². The monoisotopic (exact) mass is 476 g/mol. The van der Waals surface area contributed by atoms with Gasteiger partial charge < -0.3 is 4.57 Å². The number of fused-ring (bicyclic) bond motifs is 1. The first kappa shape index (κ1) is 22.9. The van der Waals surface area contributed by atoms with E-state index < -0.39 is 25.6 Å². The van der Waals surface area contributed by atoms with Crippen LogP contribution < -0.4 is 4.80 Å². The van der Waals surface area contributed by atoms with Crippen molar-refractivity contribution in [1.29, 1.82) is 0 Å². The lowest BCUT2D eigenvalue weighted by Gasteiger charge is -2.03. The number of benzene rings is 2. The number of terminal acetylenes is 1. The van der Waals surface area contributed by atoms with Gasteiger partial charge in [0.15, 0.2) is 24.5 Å². The molecule has 0 aliphatic rings. The fourth-order valence-corrected chi connectivity index (χ4v) is 5.61. The van der Waals surface area contributed by atoms with E-state index in [0.29, 0.717) is 20.6 Å². The van der Waals surface area contributed by atoms with E-state index in [2.05, 4.69) is 10.9 Å². The van der Waals surface area contributed by atoms with Crippen LogP contribution in [0.25, 0.3) is 10.2 Å². The smallest absolute Gasteiger partial charge is 0.252 e. The molecule has 0 saturated carbocycles. The Morgan fingerprint density at radius 2 is 1.74 bits per heavy atom. The van der Waals surface area contributed by atoms with Gasteiger partial charge in [-0.3, -0.25) is 4.79 Å². The van der Waals surface area contributed by atoms with Gasteiger partial charge in [-0.25, -0.2) is 16.8 Å². The molecule has 162 valence electrons. The van der Waals surface area contributed by atoms with Crippen LogP contribution in [0, 0.1) is 12.3 Å². The summed E-state index contributed by atoms with van der Waals surface area (Å²) in [7, 11) is -6.68. The number of aromatic nitrogens is 1. The average molecular weight is 477 g/mol. The zero-order chi connectivity index (χ0) is 22.8. The Morgan fingerprint density at radius 1 is 1.10 bits per heavy atom. The van der Waals surface area contributed by atoms with Crippen LogP contribution in [0.3, 0.4) is 0 Å². The largest absolute Gasteiger partial charge is 0.305 e. The molecular formula is C21H20N2O5S3. The Morgan fingerprint density at radius 3 is 2.32 bits per heavy atom. The number of carbonyl (C=O) groups excluding carboxylic acids is 1. The molecule has 0 spiro atoms. The maximum absolute atomic E-state index is 12.5. The van der Waals surface area contributed by atoms with E-state index in [4.69, 9.17) is 6.42 Å². The Labute approximate surface area is 184 Å². The van der Waals surface area contributed by atoms with E-state index in [1.807, 2.05) is 0 Å². The molecule has 1 heterocycles. The number of amides is 1. The number of hydrogen-bond acceptors (Lipinski definition) is 6. The minimum atomic E-state index is -3.37. The van der Waals surface area contributed by atoms with Crippen molar-refractivity contribution >= 4 is 47.1 Å². The summed E-state index contributed by atoms with van der Waals surface area (Å²) < 4.78 is 49.8. The van der Waals surface area contributed by atoms with Gasteiger partial charge in [-0.2, -0.15) is 4.99 Å². The highest BCUT2D eigenvalue weighted by molar-refractivity contribution is 7.91. The van der Waals surface area contributed by atoms with Crippen molar-refractivity contribution in [2.24, 2.45) is 4.99 Å². The molecule has 0 fully saturated rings. The standard InChI is InChI=1S/C21H20N2O5S3/c1-4-12-23-18-11-10-17(30(3,25)26)14-19(18)29-21(23)22-20(24)13-15-6-8-16(9-7-15)31(27,28)5-2/h1,6-11,14H,5,12-13H2,2-3H3. The Kier molecular flexibility index (Phi) is 6.50. The number of hydrogen-bond donors (Lipinski definition) is 0. The molecule has 2 aromatic carbocycles. The number of sulfone groups is 2. The lowest BCUT2D eigenvalue weighted by atomic mass is 10.1. The zero-order valence-electron chi connectivity index (χ0n) is 16.9. The van der Waals surface area contributed by atoms with E-state index >= 15 is 0 Å². The maximum atomic E-state index is 12.5. The summed E-state index contributed by atoms with van der Waals surface area (Å²) in [6, 6.07) is 10.8. The molecule has 0 unspecified atom stereocenters. The molecule has 0 radical (unpaired) electrons. The van der Waals surface area contributed by atoms with Crippen LogP contribution in [-0.2, 0) is 37.4 Å². The lowest BCUT2D eigenvalue weighted by Crippen LogP contribution is -2.17. The van der Waals surface area contributed by atoms with Crippen LogP contribution in [0.5, 0.6) is 0 Å². The van der Waals surface area contributed by atoms with Gasteiger partial charge in [0.2, 0.25) is 0 Å². The minimum absolute atomic E-state index is 0.00275. The highest BCUT2D eigenvalue weighted by Gasteiger charge is 2.14. The van der Waals surface area contributed by atoms with Gasteiger partial charge in [0.1, 0.15) is 0 Å². The van der Waals surface area contributed by atoms with Crippen LogP contribution in [0.2, 0.25) is 0 Å². The zero-order valence-corrected chi connectivity index (χ0v) is 19.4. The van der Waals surface area contributed by atoms with Gasteiger partial charge >= 0.3 is 0 Å². The highest BCUT2D eigenvalue weighted by atomic mass is 32.2. The summed E-state index contributed by atoms with van der Waals surface area (Å²) in [6.45, 7) is 1.74. The molecule has 1 amide bonds. The van der Waals surface area contributed by atoms with Gasteiger partial charge in [0, 0.05) is 6.26 Å². The Balaban J connectivity index is 1.96. The molecule has 0 aliphatic carbocycles. The first-order chi connectivity index (χ1) is 14.5. The molecular weight excluding hydrogens is 456 g/mol. The molecule has 1 aromatic heterocycles. The molecule has 10 heteroatoms. The minimum Gasteiger partial charge on any atom is -0.305 e. The summed E-state index contributed by atoms with van der Waals surface area (Å²) in [6.07, 6.45) is 6.58. The molecule has 0 saturated heterocycles. The first-order valence-electron chi connectivity index (χ1n) is 9.21. The van der Waals surface area contributed by atoms with Crippen molar-refractivity contribution in [3.05, 3.63) is 52.8 Å². The van der Waals surface area contributed by atoms with Crippen LogP contribution >= 0.6 is 11.3 Å². The van der Waals surface area contributed by atoms with Crippen molar-refractivity contribution in [2.45, 2.75) is 29.7 Å². The van der Waals surface area contributed by atoms with E-state index in [-0.39, 0.29) is 28.5 Å². The molecule has 31 heavy (non-hydrogen) atoms. The molecule has 0 atom stereocenters. The number of rotatable bonds is 6. The van der Waals surface area contributed by atoms with Crippen LogP contribution in [-0.4, -0.2) is 39.3 Å². The normalized spacial score (nSPS) is 12.7. The lowest BCUT2D eigenvalue weighted by molar-refractivity contribution is -0.117. The Bertz CT molecular complexity index is 1470. The number of thiazole rings is 1. The third-order valence-electron chi connectivity index (χ3n) is 4.57. The van der Waals surface area contributed by atoms with Crippen molar-refractivity contribution < 1.29 is 21.6 Å². The molecule has 7 nitrogen and oxygen atoms in total. The van der Waals surface area contributed by atoms with Crippen molar-refractivity contribution in [3.8, 4) is 12.3 Å². The van der Waals surface area contributed by atoms with Crippen molar-refractivity contribution in [3.63, 3.8) is 0 Å². The van der Waals surface area contributed by atoms with E-state index in [9.17, 15) is 21.6 Å². The summed E-state index contributed by atoms with van der Waals surface area (Å²) in [5.41, 5.74) is 1.32. The summed E-state index contributed by atoms with van der Waals surface area (Å²) in [5.74, 6) is 2.10. The molecule has 0 N–H and O–H groups in total. The van der Waals surface area contributed by atoms with Crippen LogP contribution in [0.1, 0.15) is 12.5 Å². The third-order valence-corrected chi connectivity index (χ3v) is 8.47. The highest BCUT2D eigenvalue weighted by Crippen LogP contribution is 2.22. The van der Waals surface area contributed by atoms with E-state index in [1.165, 1.54) is 29.5 Å². The molecule has 0 aliphatic heterocycles. The molecule has 0 bridgehead atoms. The van der Waals surface area contributed by atoms with Gasteiger partial charge in [-0.15, -0.1) is 6.42 Å². The predicted molar refractivity (Wildman–Crippen MR) is 120 cm³/mol. The van der Waals surface area contributed by atoms with E-state index in [1.54, 1.807) is 35.8 Å². The first-order valence-corrected chi connectivity index (χ1v) is 13.6. The van der Waals surface area contributed by atoms with E-state index in [0.717, 1.165) is 6.26 Å². The Hall–Kier alpha value is -2.74. The second kappa shape index (κ2) is 8.78. The van der Waals surface area contributed by atoms with Crippen molar-refractivity contribution in [2.75, 3.05) is 12.0 Å². The molecule has 3 rings (SSSR count). The fourth-order valence-electron chi connectivity index (χ4n) is 2.92. The summed E-state index contributed by atoms with van der Waals surface area (Å²) in [4.78, 5) is 17.5. The van der Waals surface area contributed by atoms with Gasteiger partial charge in [-0.1, -0.05) is 36.3 Å². The van der Waals surface area contributed by atoms with Crippen LogP contribution in [0.4, 0.5) is 0 Å². The second-order valence-corrected chi connectivity index (χ2v) is 12.1. The number of nitrogens with zero attached hydrogens (tertiary/aromatic N) is 2. The fraction of sp³-hybridized carbons (Fsp3) is 0.238. The van der Waals surface area contributed by atoms with Gasteiger partial charge in [0.25, 0.3) is 5.91 Å². The second-order valence-electron chi connectivity index (χ2n) is 6.81. The van der Waals surface area contributed by atoms with Crippen LogP contribution in [0.15, 0.2) is 57.2 Å².